The summed E-state index contributed by atoms with van der Waals surface area (Å²) in [5.74, 6) is 0. The summed E-state index contributed by atoms with van der Waals surface area (Å²) in [5.41, 5.74) is 1.20. The van der Waals surface area contributed by atoms with Crippen LogP contribution in [0.4, 0.5) is 0 Å². The zero-order valence-corrected chi connectivity index (χ0v) is 8.01. The third kappa shape index (κ3) is 2.18. The highest BCUT2D eigenvalue weighted by Gasteiger charge is 2.13. The van der Waals surface area contributed by atoms with Crippen LogP contribution in [0.1, 0.15) is 11.6 Å². The van der Waals surface area contributed by atoms with E-state index in [1.165, 1.54) is 5.56 Å². The minimum absolute atomic E-state index is 0.370. The Morgan fingerprint density at radius 2 is 2.38 bits per heavy atom. The lowest BCUT2D eigenvalue weighted by molar-refractivity contribution is 0.430. The second-order valence-electron chi connectivity index (χ2n) is 3.12. The topological polar surface area (TPSA) is 37.0 Å². The number of halogens is 1. The maximum absolute atomic E-state index is 5.80. The van der Waals surface area contributed by atoms with Crippen LogP contribution in [-0.2, 0) is 0 Å². The molecule has 1 aromatic rings. The van der Waals surface area contributed by atoms with Crippen molar-refractivity contribution in [2.75, 3.05) is 19.6 Å². The lowest BCUT2D eigenvalue weighted by Crippen LogP contribution is -2.42. The van der Waals surface area contributed by atoms with Crippen molar-refractivity contribution in [1.82, 2.24) is 15.6 Å². The number of hydrogen-bond donors (Lipinski definition) is 2. The van der Waals surface area contributed by atoms with Crippen molar-refractivity contribution in [3.63, 3.8) is 0 Å². The first-order chi connectivity index (χ1) is 6.36. The molecule has 1 fully saturated rings. The Kier molecular flexibility index (Phi) is 2.78. The Balaban J connectivity index is 2.14. The minimum atomic E-state index is 0.370. The van der Waals surface area contributed by atoms with Crippen molar-refractivity contribution in [2.24, 2.45) is 0 Å². The van der Waals surface area contributed by atoms with Crippen LogP contribution in [0.25, 0.3) is 0 Å². The molecule has 0 radical (unpaired) electrons. The van der Waals surface area contributed by atoms with Gasteiger partial charge in [-0.15, -0.1) is 0 Å². The quantitative estimate of drug-likeness (QED) is 0.659. The molecule has 1 aliphatic rings. The van der Waals surface area contributed by atoms with E-state index in [0.29, 0.717) is 11.2 Å². The van der Waals surface area contributed by atoms with Crippen molar-refractivity contribution in [3.8, 4) is 0 Å². The van der Waals surface area contributed by atoms with E-state index in [1.54, 1.807) is 6.20 Å². The van der Waals surface area contributed by atoms with E-state index in [-0.39, 0.29) is 0 Å². The molecule has 0 amide bonds. The van der Waals surface area contributed by atoms with Crippen LogP contribution in [0, 0.1) is 0 Å². The van der Waals surface area contributed by atoms with Gasteiger partial charge in [-0.25, -0.2) is 4.98 Å². The number of pyridine rings is 1. The molecule has 1 atom stereocenters. The van der Waals surface area contributed by atoms with Crippen LogP contribution in [0.15, 0.2) is 18.3 Å². The van der Waals surface area contributed by atoms with E-state index in [4.69, 9.17) is 11.6 Å². The fourth-order valence-electron chi connectivity index (χ4n) is 1.52. The lowest BCUT2D eigenvalue weighted by Gasteiger charge is -2.24. The predicted molar refractivity (Wildman–Crippen MR) is 52.9 cm³/mol. The molecule has 2 rings (SSSR count). The fraction of sp³-hybridized carbons (Fsp3) is 0.444. The Bertz CT molecular complexity index is 284. The molecule has 1 saturated heterocycles. The van der Waals surface area contributed by atoms with Gasteiger partial charge in [0.05, 0.1) is 0 Å². The van der Waals surface area contributed by atoms with Gasteiger partial charge in [0.25, 0.3) is 0 Å². The van der Waals surface area contributed by atoms with E-state index in [2.05, 4.69) is 15.6 Å². The standard InChI is InChI=1S/C9H12ClN3/c10-9-5-7(1-2-13-9)8-6-11-3-4-12-8/h1-2,5,8,11-12H,3-4,6H2. The van der Waals surface area contributed by atoms with E-state index < -0.39 is 0 Å². The summed E-state index contributed by atoms with van der Waals surface area (Å²) < 4.78 is 0. The van der Waals surface area contributed by atoms with Gasteiger partial charge in [-0.1, -0.05) is 11.6 Å². The highest BCUT2D eigenvalue weighted by molar-refractivity contribution is 6.29. The fourth-order valence-corrected chi connectivity index (χ4v) is 1.71. The molecule has 1 aliphatic heterocycles. The van der Waals surface area contributed by atoms with Crippen molar-refractivity contribution < 1.29 is 0 Å². The van der Waals surface area contributed by atoms with Crippen molar-refractivity contribution >= 4 is 11.6 Å². The molecule has 1 unspecified atom stereocenters. The van der Waals surface area contributed by atoms with E-state index in [0.717, 1.165) is 19.6 Å². The van der Waals surface area contributed by atoms with E-state index in [9.17, 15) is 0 Å². The molecule has 13 heavy (non-hydrogen) atoms. The summed E-state index contributed by atoms with van der Waals surface area (Å²) in [6.45, 7) is 3.00. The normalized spacial score (nSPS) is 23.0. The summed E-state index contributed by atoms with van der Waals surface area (Å²) in [6.07, 6.45) is 1.74. The minimum Gasteiger partial charge on any atom is -0.314 e. The van der Waals surface area contributed by atoms with Gasteiger partial charge in [0.15, 0.2) is 0 Å². The first kappa shape index (κ1) is 8.94. The summed E-state index contributed by atoms with van der Waals surface area (Å²) in [6, 6.07) is 4.28. The third-order valence-electron chi connectivity index (χ3n) is 2.19. The monoisotopic (exact) mass is 197 g/mol. The molecule has 0 spiro atoms. The van der Waals surface area contributed by atoms with Gasteiger partial charge in [-0.3, -0.25) is 0 Å². The van der Waals surface area contributed by atoms with Gasteiger partial charge in [0, 0.05) is 31.9 Å². The molecule has 2 N–H and O–H groups in total. The summed E-state index contributed by atoms with van der Waals surface area (Å²) in [7, 11) is 0. The van der Waals surface area contributed by atoms with Gasteiger partial charge in [0.2, 0.25) is 0 Å². The molecule has 0 bridgehead atoms. The molecule has 0 aliphatic carbocycles. The molecule has 3 nitrogen and oxygen atoms in total. The third-order valence-corrected chi connectivity index (χ3v) is 2.40. The lowest BCUT2D eigenvalue weighted by atomic mass is 10.1. The first-order valence-corrected chi connectivity index (χ1v) is 4.79. The van der Waals surface area contributed by atoms with Gasteiger partial charge in [0.1, 0.15) is 5.15 Å². The second kappa shape index (κ2) is 4.05. The second-order valence-corrected chi connectivity index (χ2v) is 3.51. The zero-order valence-electron chi connectivity index (χ0n) is 7.26. The zero-order chi connectivity index (χ0) is 9.10. The van der Waals surface area contributed by atoms with Crippen LogP contribution in [0.3, 0.4) is 0 Å². The maximum Gasteiger partial charge on any atom is 0.129 e. The van der Waals surface area contributed by atoms with Crippen molar-refractivity contribution in [1.29, 1.82) is 0 Å². The highest BCUT2D eigenvalue weighted by Crippen LogP contribution is 2.15. The van der Waals surface area contributed by atoms with Crippen molar-refractivity contribution in [2.45, 2.75) is 6.04 Å². The molecule has 70 valence electrons. The number of rotatable bonds is 1. The predicted octanol–water partition coefficient (Wildman–Crippen LogP) is 0.969. The number of nitrogens with one attached hydrogen (secondary N) is 2. The summed E-state index contributed by atoms with van der Waals surface area (Å²) in [4.78, 5) is 3.95. The van der Waals surface area contributed by atoms with Gasteiger partial charge >= 0.3 is 0 Å². The van der Waals surface area contributed by atoms with Crippen molar-refractivity contribution in [3.05, 3.63) is 29.0 Å². The first-order valence-electron chi connectivity index (χ1n) is 4.42. The van der Waals surface area contributed by atoms with Crippen LogP contribution in [0.2, 0.25) is 5.15 Å². The van der Waals surface area contributed by atoms with Gasteiger partial charge < -0.3 is 10.6 Å². The average molecular weight is 198 g/mol. The molecule has 4 heteroatoms. The Morgan fingerprint density at radius 1 is 1.46 bits per heavy atom. The van der Waals surface area contributed by atoms with Crippen LogP contribution in [-0.4, -0.2) is 24.6 Å². The molecule has 1 aromatic heterocycles. The van der Waals surface area contributed by atoms with Gasteiger partial charge in [-0.2, -0.15) is 0 Å². The largest absolute Gasteiger partial charge is 0.314 e. The smallest absolute Gasteiger partial charge is 0.129 e. The van der Waals surface area contributed by atoms with E-state index in [1.807, 2.05) is 12.1 Å². The Labute approximate surface area is 82.5 Å². The average Bonchev–Trinajstić information content (AvgIpc) is 2.19. The molecule has 0 aromatic carbocycles. The van der Waals surface area contributed by atoms with E-state index >= 15 is 0 Å². The number of aromatic nitrogens is 1. The van der Waals surface area contributed by atoms with Crippen LogP contribution < -0.4 is 10.6 Å². The molecule has 0 saturated carbocycles. The Hall–Kier alpha value is -0.640. The molecular formula is C9H12ClN3. The molecular weight excluding hydrogens is 186 g/mol. The Morgan fingerprint density at radius 3 is 3.08 bits per heavy atom. The highest BCUT2D eigenvalue weighted by atomic mass is 35.5. The number of piperazine rings is 1. The number of hydrogen-bond acceptors (Lipinski definition) is 3. The maximum atomic E-state index is 5.80. The van der Waals surface area contributed by atoms with Gasteiger partial charge in [-0.05, 0) is 17.7 Å². The van der Waals surface area contributed by atoms with Crippen LogP contribution >= 0.6 is 11.6 Å². The summed E-state index contributed by atoms with van der Waals surface area (Å²) >= 11 is 5.80. The summed E-state index contributed by atoms with van der Waals surface area (Å²) in [5, 5.41) is 7.30. The molecule has 2 heterocycles. The number of nitrogens with zero attached hydrogens (tertiary/aromatic N) is 1. The SMILES string of the molecule is Clc1cc(C2CNCCN2)ccn1. The van der Waals surface area contributed by atoms with Crippen LogP contribution in [0.5, 0.6) is 0 Å².